The third kappa shape index (κ3) is 6.95. The van der Waals surface area contributed by atoms with Crippen molar-refractivity contribution in [3.63, 3.8) is 0 Å². The molecular formula is C22H38N4O4. The molecule has 2 amide bonds. The number of nitrogens with zero attached hydrogens (tertiary/aromatic N) is 2. The van der Waals surface area contributed by atoms with Crippen molar-refractivity contribution in [2.75, 3.05) is 39.3 Å². The second-order valence-corrected chi connectivity index (χ2v) is 9.36. The van der Waals surface area contributed by atoms with Crippen molar-refractivity contribution in [1.29, 1.82) is 0 Å². The highest BCUT2D eigenvalue weighted by Crippen LogP contribution is 2.16. The van der Waals surface area contributed by atoms with Gasteiger partial charge in [-0.3, -0.25) is 20.2 Å². The maximum Gasteiger partial charge on any atom is 0.242 e. The van der Waals surface area contributed by atoms with Gasteiger partial charge >= 0.3 is 0 Å². The molecule has 0 spiro atoms. The number of carbonyl (C=O) groups excluding carboxylic acids is 2. The van der Waals surface area contributed by atoms with Crippen LogP contribution in [0.15, 0.2) is 0 Å². The Morgan fingerprint density at radius 2 is 1.07 bits per heavy atom. The van der Waals surface area contributed by atoms with E-state index in [9.17, 15) is 19.8 Å². The first-order valence-electron chi connectivity index (χ1n) is 10.9. The predicted molar refractivity (Wildman–Crippen MR) is 116 cm³/mol. The Morgan fingerprint density at radius 1 is 0.767 bits per heavy atom. The van der Waals surface area contributed by atoms with Crippen LogP contribution in [0.1, 0.15) is 53.4 Å². The van der Waals surface area contributed by atoms with Gasteiger partial charge in [0.25, 0.3) is 0 Å². The molecule has 0 unspecified atom stereocenters. The first kappa shape index (κ1) is 24.6. The molecule has 30 heavy (non-hydrogen) atoms. The van der Waals surface area contributed by atoms with Gasteiger partial charge < -0.3 is 20.0 Å². The zero-order valence-electron chi connectivity index (χ0n) is 18.8. The Kier molecular flexibility index (Phi) is 8.68. The van der Waals surface area contributed by atoms with E-state index in [0.29, 0.717) is 65.0 Å². The number of carbonyl (C=O) groups is 2. The van der Waals surface area contributed by atoms with Gasteiger partial charge in [-0.25, -0.2) is 0 Å². The van der Waals surface area contributed by atoms with Crippen LogP contribution in [-0.4, -0.2) is 94.4 Å². The fourth-order valence-corrected chi connectivity index (χ4v) is 3.74. The number of nitrogens with one attached hydrogen (secondary N) is 2. The van der Waals surface area contributed by atoms with Gasteiger partial charge in [0.15, 0.2) is 0 Å². The molecule has 8 nitrogen and oxygen atoms in total. The molecule has 0 aromatic heterocycles. The van der Waals surface area contributed by atoms with E-state index in [4.69, 9.17) is 0 Å². The quantitative estimate of drug-likeness (QED) is 0.438. The molecule has 0 bridgehead atoms. The molecule has 8 heteroatoms. The van der Waals surface area contributed by atoms with Gasteiger partial charge in [0, 0.05) is 26.2 Å². The zero-order chi connectivity index (χ0) is 22.4. The highest BCUT2D eigenvalue weighted by molar-refractivity contribution is 5.86. The van der Waals surface area contributed by atoms with Crippen LogP contribution >= 0.6 is 0 Å². The van der Waals surface area contributed by atoms with E-state index in [0.717, 1.165) is 0 Å². The molecular weight excluding hydrogens is 384 g/mol. The average molecular weight is 423 g/mol. The minimum absolute atomic E-state index is 0.0210. The number of piperidine rings is 2. The highest BCUT2D eigenvalue weighted by atomic mass is 16.3. The second-order valence-electron chi connectivity index (χ2n) is 9.36. The largest absolute Gasteiger partial charge is 0.393 e. The van der Waals surface area contributed by atoms with Crippen molar-refractivity contribution in [3.05, 3.63) is 0 Å². The summed E-state index contributed by atoms with van der Waals surface area (Å²) in [6.07, 6.45) is 1.89. The van der Waals surface area contributed by atoms with E-state index in [2.05, 4.69) is 22.5 Å². The maximum absolute atomic E-state index is 12.7. The van der Waals surface area contributed by atoms with Crippen molar-refractivity contribution >= 4 is 11.8 Å². The number of hydrogen-bond donors (Lipinski definition) is 4. The second kappa shape index (κ2) is 10.6. The van der Waals surface area contributed by atoms with Crippen LogP contribution in [0, 0.1) is 11.8 Å². The molecule has 0 atom stereocenters. The van der Waals surface area contributed by atoms with E-state index >= 15 is 0 Å². The SMILES string of the molecule is CC(C)(NCC#CCNC(C)(C)C(=O)N1CCC(O)CC1)C(=O)N1CCC(O)CC1. The summed E-state index contributed by atoms with van der Waals surface area (Å²) in [5.74, 6) is 6.06. The highest BCUT2D eigenvalue weighted by Gasteiger charge is 2.34. The normalized spacial score (nSPS) is 19.4. The van der Waals surface area contributed by atoms with E-state index in [-0.39, 0.29) is 24.0 Å². The summed E-state index contributed by atoms with van der Waals surface area (Å²) in [5, 5.41) is 25.6. The third-order valence-corrected chi connectivity index (χ3v) is 5.94. The Balaban J connectivity index is 1.73. The number of aliphatic hydroxyl groups excluding tert-OH is 2. The molecule has 4 N–H and O–H groups in total. The van der Waals surface area contributed by atoms with Crippen LogP contribution in [0.3, 0.4) is 0 Å². The molecule has 2 aliphatic heterocycles. The monoisotopic (exact) mass is 422 g/mol. The van der Waals surface area contributed by atoms with Gasteiger partial charge in [-0.05, 0) is 53.4 Å². The average Bonchev–Trinajstić information content (AvgIpc) is 2.70. The molecule has 2 fully saturated rings. The summed E-state index contributed by atoms with van der Waals surface area (Å²) in [5.41, 5.74) is -1.45. The number of rotatable bonds is 6. The lowest BCUT2D eigenvalue weighted by molar-refractivity contribution is -0.139. The van der Waals surface area contributed by atoms with E-state index in [1.54, 1.807) is 9.80 Å². The summed E-state index contributed by atoms with van der Waals surface area (Å²) in [4.78, 5) is 29.0. The lowest BCUT2D eigenvalue weighted by Gasteiger charge is -2.36. The molecule has 0 aromatic rings. The van der Waals surface area contributed by atoms with Crippen LogP contribution in [0.5, 0.6) is 0 Å². The molecule has 0 radical (unpaired) electrons. The van der Waals surface area contributed by atoms with Crippen molar-refractivity contribution in [2.45, 2.75) is 76.7 Å². The smallest absolute Gasteiger partial charge is 0.242 e. The molecule has 2 aliphatic rings. The Labute approximate surface area is 180 Å². The molecule has 0 aliphatic carbocycles. The van der Waals surface area contributed by atoms with Gasteiger partial charge in [-0.15, -0.1) is 0 Å². The lowest BCUT2D eigenvalue weighted by Crippen LogP contribution is -2.56. The summed E-state index contributed by atoms with van der Waals surface area (Å²) < 4.78 is 0. The van der Waals surface area contributed by atoms with E-state index in [1.165, 1.54) is 0 Å². The van der Waals surface area contributed by atoms with Gasteiger partial charge in [-0.1, -0.05) is 11.8 Å². The molecule has 0 saturated carbocycles. The van der Waals surface area contributed by atoms with Crippen molar-refractivity contribution in [1.82, 2.24) is 20.4 Å². The fraction of sp³-hybridized carbons (Fsp3) is 0.818. The van der Waals surface area contributed by atoms with Crippen molar-refractivity contribution in [2.24, 2.45) is 0 Å². The summed E-state index contributed by atoms with van der Waals surface area (Å²) in [6, 6.07) is 0. The van der Waals surface area contributed by atoms with E-state index in [1.807, 2.05) is 27.7 Å². The Bertz CT molecular complexity index is 598. The van der Waals surface area contributed by atoms with E-state index < -0.39 is 11.1 Å². The summed E-state index contributed by atoms with van der Waals surface area (Å²) in [6.45, 7) is 10.5. The lowest BCUT2D eigenvalue weighted by atomic mass is 10.00. The topological polar surface area (TPSA) is 105 Å². The number of likely N-dealkylation sites (tertiary alicyclic amines) is 2. The van der Waals surface area contributed by atoms with Crippen molar-refractivity contribution < 1.29 is 19.8 Å². The Morgan fingerprint density at radius 3 is 1.37 bits per heavy atom. The fourth-order valence-electron chi connectivity index (χ4n) is 3.74. The predicted octanol–water partition coefficient (Wildman–Crippen LogP) is -0.307. The van der Waals surface area contributed by atoms with Crippen LogP contribution < -0.4 is 10.6 Å². The molecule has 2 saturated heterocycles. The van der Waals surface area contributed by atoms with Gasteiger partial charge in [0.1, 0.15) is 0 Å². The first-order chi connectivity index (χ1) is 14.0. The minimum atomic E-state index is -0.724. The molecule has 170 valence electrons. The third-order valence-electron chi connectivity index (χ3n) is 5.94. The minimum Gasteiger partial charge on any atom is -0.393 e. The number of amides is 2. The Hall–Kier alpha value is -1.66. The summed E-state index contributed by atoms with van der Waals surface area (Å²) in [7, 11) is 0. The van der Waals surface area contributed by atoms with Crippen LogP contribution in [0.2, 0.25) is 0 Å². The van der Waals surface area contributed by atoms with Gasteiger partial charge in [-0.2, -0.15) is 0 Å². The molecule has 2 rings (SSSR count). The summed E-state index contributed by atoms with van der Waals surface area (Å²) >= 11 is 0. The zero-order valence-corrected chi connectivity index (χ0v) is 18.8. The number of hydrogen-bond acceptors (Lipinski definition) is 6. The van der Waals surface area contributed by atoms with Crippen LogP contribution in [0.4, 0.5) is 0 Å². The first-order valence-corrected chi connectivity index (χ1v) is 10.9. The number of aliphatic hydroxyl groups is 2. The van der Waals surface area contributed by atoms with Gasteiger partial charge in [0.2, 0.25) is 11.8 Å². The van der Waals surface area contributed by atoms with Crippen LogP contribution in [0.25, 0.3) is 0 Å². The van der Waals surface area contributed by atoms with Crippen LogP contribution in [-0.2, 0) is 9.59 Å². The maximum atomic E-state index is 12.7. The molecule has 2 heterocycles. The standard InChI is InChI=1S/C22H38N4O4/c1-21(2,19(29)25-13-7-17(27)8-14-25)23-11-5-6-12-24-22(3,4)20(30)26-15-9-18(28)10-16-26/h17-18,23-24,27-28H,7-16H2,1-4H3. The van der Waals surface area contributed by atoms with Crippen molar-refractivity contribution in [3.8, 4) is 11.8 Å². The van der Waals surface area contributed by atoms with Gasteiger partial charge in [0.05, 0.1) is 36.4 Å². The molecule has 0 aromatic carbocycles.